The lowest BCUT2D eigenvalue weighted by Gasteiger charge is -2.23. The fourth-order valence-electron chi connectivity index (χ4n) is 2.04. The largest absolute Gasteiger partial charge is 0.380 e. The Labute approximate surface area is 117 Å². The van der Waals surface area contributed by atoms with Crippen LogP contribution in [0.1, 0.15) is 39.4 Å². The summed E-state index contributed by atoms with van der Waals surface area (Å²) in [7, 11) is 0. The maximum atomic E-state index is 5.41. The highest BCUT2D eigenvalue weighted by Gasteiger charge is 2.08. The molecule has 4 heteroatoms. The number of pyridine rings is 1. The van der Waals surface area contributed by atoms with Gasteiger partial charge in [0.05, 0.1) is 24.2 Å². The van der Waals surface area contributed by atoms with E-state index in [9.17, 15) is 0 Å². The lowest BCUT2D eigenvalue weighted by Crippen LogP contribution is -2.27. The number of likely N-dealkylation sites (N-methyl/N-ethyl adjacent to an activating group) is 1. The van der Waals surface area contributed by atoms with Crippen LogP contribution in [0.4, 0.5) is 5.69 Å². The average Bonchev–Trinajstić information content (AvgIpc) is 2.44. The molecule has 0 saturated heterocycles. The molecule has 0 aromatic carbocycles. The maximum Gasteiger partial charge on any atom is 0.0641 e. The number of nitrogens with one attached hydrogen (secondary N) is 1. The molecule has 0 fully saturated rings. The van der Waals surface area contributed by atoms with Crippen molar-refractivity contribution in [3.63, 3.8) is 0 Å². The first-order chi connectivity index (χ1) is 9.22. The third-order valence-electron chi connectivity index (χ3n) is 3.18. The fourth-order valence-corrected chi connectivity index (χ4v) is 2.04. The monoisotopic (exact) mass is 265 g/mol. The highest BCUT2D eigenvalue weighted by molar-refractivity contribution is 5.44. The van der Waals surface area contributed by atoms with Crippen molar-refractivity contribution in [2.45, 2.75) is 33.7 Å². The lowest BCUT2D eigenvalue weighted by atomic mass is 10.2. The molecule has 19 heavy (non-hydrogen) atoms. The van der Waals surface area contributed by atoms with E-state index in [1.165, 1.54) is 0 Å². The molecule has 0 saturated carbocycles. The van der Waals surface area contributed by atoms with Crippen molar-refractivity contribution < 1.29 is 4.74 Å². The first kappa shape index (κ1) is 15.9. The first-order valence-corrected chi connectivity index (χ1v) is 7.24. The molecule has 1 rings (SSSR count). The number of nitrogens with zero attached hydrogens (tertiary/aromatic N) is 2. The van der Waals surface area contributed by atoms with Gasteiger partial charge >= 0.3 is 0 Å². The molecular formula is C15H27N3O. The van der Waals surface area contributed by atoms with Gasteiger partial charge in [-0.3, -0.25) is 4.98 Å². The molecule has 0 aliphatic carbocycles. The van der Waals surface area contributed by atoms with E-state index in [1.807, 2.05) is 13.1 Å². The lowest BCUT2D eigenvalue weighted by molar-refractivity contribution is 0.154. The van der Waals surface area contributed by atoms with Crippen molar-refractivity contribution in [1.29, 1.82) is 0 Å². The van der Waals surface area contributed by atoms with Crippen LogP contribution in [0.2, 0.25) is 0 Å². The molecule has 0 aliphatic heterocycles. The molecule has 0 bridgehead atoms. The summed E-state index contributed by atoms with van der Waals surface area (Å²) in [6, 6.07) is 4.55. The zero-order valence-corrected chi connectivity index (χ0v) is 12.6. The number of hydrogen-bond donors (Lipinski definition) is 1. The van der Waals surface area contributed by atoms with Crippen LogP contribution in [-0.4, -0.2) is 37.8 Å². The van der Waals surface area contributed by atoms with Gasteiger partial charge in [-0.05, 0) is 39.4 Å². The Kier molecular flexibility index (Phi) is 7.45. The van der Waals surface area contributed by atoms with Gasteiger partial charge in [0.1, 0.15) is 0 Å². The summed E-state index contributed by atoms with van der Waals surface area (Å²) in [5.41, 5.74) is 2.25. The quantitative estimate of drug-likeness (QED) is 0.696. The molecule has 4 nitrogen and oxygen atoms in total. The van der Waals surface area contributed by atoms with Crippen LogP contribution in [0, 0.1) is 0 Å². The predicted molar refractivity (Wildman–Crippen MR) is 80.7 cm³/mol. The van der Waals surface area contributed by atoms with E-state index in [4.69, 9.17) is 4.74 Å². The number of anilines is 1. The van der Waals surface area contributed by atoms with Crippen LogP contribution >= 0.6 is 0 Å². The Hall–Kier alpha value is -1.13. The smallest absolute Gasteiger partial charge is 0.0641 e. The van der Waals surface area contributed by atoms with Crippen molar-refractivity contribution >= 4 is 5.69 Å². The Morgan fingerprint density at radius 2 is 2.11 bits per heavy atom. The topological polar surface area (TPSA) is 37.4 Å². The van der Waals surface area contributed by atoms with Gasteiger partial charge in [0.15, 0.2) is 0 Å². The summed E-state index contributed by atoms with van der Waals surface area (Å²) in [5, 5.41) is 3.37. The summed E-state index contributed by atoms with van der Waals surface area (Å²) < 4.78 is 5.41. The van der Waals surface area contributed by atoms with E-state index in [0.29, 0.717) is 6.04 Å². The van der Waals surface area contributed by atoms with Crippen molar-refractivity contribution in [2.75, 3.05) is 37.7 Å². The van der Waals surface area contributed by atoms with Crippen LogP contribution < -0.4 is 10.2 Å². The summed E-state index contributed by atoms with van der Waals surface area (Å²) in [4.78, 5) is 6.83. The fraction of sp³-hybridized carbons (Fsp3) is 0.667. The van der Waals surface area contributed by atoms with Crippen LogP contribution in [0.5, 0.6) is 0 Å². The molecule has 0 amide bonds. The SMILES string of the molecule is CCNC(C)c1ccc(N(CC)CCOCC)cn1. The average molecular weight is 265 g/mol. The van der Waals surface area contributed by atoms with E-state index in [-0.39, 0.29) is 0 Å². The maximum absolute atomic E-state index is 5.41. The van der Waals surface area contributed by atoms with Gasteiger partial charge in [-0.25, -0.2) is 0 Å². The second-order valence-electron chi connectivity index (χ2n) is 4.50. The number of hydrogen-bond acceptors (Lipinski definition) is 4. The number of ether oxygens (including phenoxy) is 1. The Balaban J connectivity index is 2.62. The summed E-state index contributed by atoms with van der Waals surface area (Å²) in [5.74, 6) is 0. The van der Waals surface area contributed by atoms with Gasteiger partial charge < -0.3 is 15.0 Å². The molecule has 0 radical (unpaired) electrons. The van der Waals surface area contributed by atoms with Gasteiger partial charge in [-0.15, -0.1) is 0 Å². The second-order valence-corrected chi connectivity index (χ2v) is 4.50. The van der Waals surface area contributed by atoms with Gasteiger partial charge in [0, 0.05) is 25.7 Å². The van der Waals surface area contributed by atoms with Gasteiger partial charge in [0.25, 0.3) is 0 Å². The van der Waals surface area contributed by atoms with E-state index >= 15 is 0 Å². The van der Waals surface area contributed by atoms with E-state index in [2.05, 4.69) is 48.1 Å². The highest BCUT2D eigenvalue weighted by atomic mass is 16.5. The third kappa shape index (κ3) is 5.17. The normalized spacial score (nSPS) is 12.4. The summed E-state index contributed by atoms with van der Waals surface area (Å²) in [6.07, 6.45) is 1.96. The minimum absolute atomic E-state index is 0.303. The standard InChI is InChI=1S/C15H27N3O/c1-5-16-13(4)15-9-8-14(12-17-15)18(6-2)10-11-19-7-3/h8-9,12-13,16H,5-7,10-11H2,1-4H3. The zero-order chi connectivity index (χ0) is 14.1. The van der Waals surface area contributed by atoms with Gasteiger partial charge in [-0.2, -0.15) is 0 Å². The number of aromatic nitrogens is 1. The van der Waals surface area contributed by atoms with Crippen molar-refractivity contribution in [3.8, 4) is 0 Å². The molecular weight excluding hydrogens is 238 g/mol. The molecule has 1 atom stereocenters. The number of rotatable bonds is 9. The van der Waals surface area contributed by atoms with Crippen molar-refractivity contribution in [3.05, 3.63) is 24.0 Å². The van der Waals surface area contributed by atoms with Gasteiger partial charge in [0.2, 0.25) is 0 Å². The van der Waals surface area contributed by atoms with E-state index < -0.39 is 0 Å². The van der Waals surface area contributed by atoms with Crippen LogP contribution in [0.15, 0.2) is 18.3 Å². The molecule has 0 aliphatic rings. The Morgan fingerprint density at radius 3 is 2.63 bits per heavy atom. The minimum Gasteiger partial charge on any atom is -0.380 e. The van der Waals surface area contributed by atoms with Crippen molar-refractivity contribution in [1.82, 2.24) is 10.3 Å². The van der Waals surface area contributed by atoms with Gasteiger partial charge in [-0.1, -0.05) is 6.92 Å². The molecule has 1 N–H and O–H groups in total. The van der Waals surface area contributed by atoms with Crippen molar-refractivity contribution in [2.24, 2.45) is 0 Å². The highest BCUT2D eigenvalue weighted by Crippen LogP contribution is 2.16. The third-order valence-corrected chi connectivity index (χ3v) is 3.18. The predicted octanol–water partition coefficient (Wildman–Crippen LogP) is 2.61. The van der Waals surface area contributed by atoms with Crippen LogP contribution in [-0.2, 0) is 4.74 Å². The summed E-state index contributed by atoms with van der Waals surface area (Å²) in [6.45, 7) is 12.8. The first-order valence-electron chi connectivity index (χ1n) is 7.24. The van der Waals surface area contributed by atoms with Crippen LogP contribution in [0.3, 0.4) is 0 Å². The molecule has 1 aromatic rings. The Morgan fingerprint density at radius 1 is 1.32 bits per heavy atom. The minimum atomic E-state index is 0.303. The summed E-state index contributed by atoms with van der Waals surface area (Å²) >= 11 is 0. The molecule has 1 heterocycles. The molecule has 1 unspecified atom stereocenters. The van der Waals surface area contributed by atoms with Crippen LogP contribution in [0.25, 0.3) is 0 Å². The van der Waals surface area contributed by atoms with E-state index in [1.54, 1.807) is 0 Å². The zero-order valence-electron chi connectivity index (χ0n) is 12.6. The second kappa shape index (κ2) is 8.88. The Bertz CT molecular complexity index is 340. The van der Waals surface area contributed by atoms with E-state index in [0.717, 1.165) is 44.2 Å². The molecule has 0 spiro atoms. The molecule has 108 valence electrons. The molecule has 1 aromatic heterocycles.